The smallest absolute Gasteiger partial charge is 0.462 e. The summed E-state index contributed by atoms with van der Waals surface area (Å²) in [4.78, 5) is 72.8. The van der Waals surface area contributed by atoms with Gasteiger partial charge < -0.3 is 33.8 Å². The molecule has 0 aliphatic heterocycles. The number of hydrogen-bond donors (Lipinski definition) is 3. The van der Waals surface area contributed by atoms with Crippen LogP contribution in [0.5, 0.6) is 0 Å². The molecule has 0 saturated carbocycles. The minimum absolute atomic E-state index is 0.101. The molecule has 3 N–H and O–H groups in total. The van der Waals surface area contributed by atoms with Crippen LogP contribution in [-0.4, -0.2) is 96.7 Å². The Labute approximate surface area is 607 Å². The number of ether oxygens (including phenoxy) is 4. The van der Waals surface area contributed by atoms with Crippen LogP contribution in [0.25, 0.3) is 0 Å². The monoisotopic (exact) mass is 1450 g/mol. The molecule has 7 atom stereocenters. The average molecular weight is 1450 g/mol. The predicted octanol–water partition coefficient (Wildman–Crippen LogP) is 23.6. The Kier molecular flexibility index (Phi) is 67.8. The van der Waals surface area contributed by atoms with E-state index in [0.29, 0.717) is 31.6 Å². The first-order valence-electron chi connectivity index (χ1n) is 41.3. The van der Waals surface area contributed by atoms with Crippen LogP contribution in [0.1, 0.15) is 409 Å². The lowest BCUT2D eigenvalue weighted by molar-refractivity contribution is -0.161. The van der Waals surface area contributed by atoms with E-state index in [4.69, 9.17) is 37.0 Å². The van der Waals surface area contributed by atoms with Crippen LogP contribution in [0, 0.1) is 23.7 Å². The van der Waals surface area contributed by atoms with Gasteiger partial charge in [0.25, 0.3) is 0 Å². The molecule has 588 valence electrons. The quantitative estimate of drug-likeness (QED) is 0.0222. The zero-order chi connectivity index (χ0) is 73.1. The van der Waals surface area contributed by atoms with Crippen LogP contribution in [0.3, 0.4) is 0 Å². The number of esters is 4. The Morgan fingerprint density at radius 1 is 0.283 bits per heavy atom. The summed E-state index contributed by atoms with van der Waals surface area (Å²) in [6.07, 6.45) is 55.9. The summed E-state index contributed by atoms with van der Waals surface area (Å²) >= 11 is 0. The number of aliphatic hydroxyl groups excluding tert-OH is 1. The molecule has 17 nitrogen and oxygen atoms in total. The van der Waals surface area contributed by atoms with Crippen molar-refractivity contribution in [2.24, 2.45) is 23.7 Å². The van der Waals surface area contributed by atoms with Crippen LogP contribution in [0.2, 0.25) is 0 Å². The summed E-state index contributed by atoms with van der Waals surface area (Å²) in [6.45, 7) is 14.2. The minimum Gasteiger partial charge on any atom is -0.462 e. The molecule has 0 aromatic heterocycles. The maximum absolute atomic E-state index is 13.1. The van der Waals surface area contributed by atoms with Gasteiger partial charge in [-0.2, -0.15) is 0 Å². The standard InChI is InChI=1S/C80H156O17P2/c1-9-72(7)58-50-42-33-29-25-21-17-13-11-12-14-18-23-27-31-35-46-54-62-79(84)96-75(66-90-77(82)60-52-44-34-30-26-22-19-15-16-20-24-28-32-40-48-56-70(3)4)68-94-98(86,87)92-64-74(81)65-93-99(88,89)95-69-76(97-80(85)63-55-47-38-36-41-49-57-71(5)6)67-91-78(83)61-53-45-39-37-43-51-59-73(8)10-2/h70-76,81H,9-69H2,1-8H3,(H,86,87)(H,88,89)/t72?,73?,74-,75-,76-/m1/s1. The summed E-state index contributed by atoms with van der Waals surface area (Å²) in [5.74, 6) is 0.955. The molecule has 0 radical (unpaired) electrons. The number of phosphoric ester groups is 2. The SMILES string of the molecule is CCC(C)CCCCCCCCCCCCCCCCCCCCC(=O)O[C@H](COC(=O)CCCCCCCCCCCCCCCCCC(C)C)COP(=O)(O)OC[C@@H](O)COP(=O)(O)OC[C@@H](COC(=O)CCCCCCCCC(C)CC)OC(=O)CCCCCCCCC(C)C. The zero-order valence-corrected chi connectivity index (χ0v) is 66.9. The van der Waals surface area contributed by atoms with Gasteiger partial charge in [0.1, 0.15) is 19.3 Å². The minimum atomic E-state index is -4.96. The van der Waals surface area contributed by atoms with Gasteiger partial charge in [-0.25, -0.2) is 9.13 Å². The summed E-state index contributed by atoms with van der Waals surface area (Å²) in [7, 11) is -9.92. The van der Waals surface area contributed by atoms with E-state index < -0.39 is 97.5 Å². The van der Waals surface area contributed by atoms with Crippen LogP contribution in [0.4, 0.5) is 0 Å². The zero-order valence-electron chi connectivity index (χ0n) is 65.1. The van der Waals surface area contributed by atoms with Gasteiger partial charge in [0.2, 0.25) is 0 Å². The number of carbonyl (C=O) groups is 4. The van der Waals surface area contributed by atoms with E-state index >= 15 is 0 Å². The van der Waals surface area contributed by atoms with Crippen molar-refractivity contribution in [1.29, 1.82) is 0 Å². The van der Waals surface area contributed by atoms with Crippen molar-refractivity contribution in [2.45, 2.75) is 427 Å². The molecule has 0 aromatic rings. The third-order valence-corrected chi connectivity index (χ3v) is 21.2. The molecular formula is C80H156O17P2. The molecular weight excluding hydrogens is 1290 g/mol. The summed E-state index contributed by atoms with van der Waals surface area (Å²) in [6, 6.07) is 0. The normalized spacial score (nSPS) is 14.6. The lowest BCUT2D eigenvalue weighted by Gasteiger charge is -2.21. The number of phosphoric acid groups is 2. The van der Waals surface area contributed by atoms with Gasteiger partial charge in [-0.3, -0.25) is 37.3 Å². The highest BCUT2D eigenvalue weighted by Gasteiger charge is 2.30. The fourth-order valence-electron chi connectivity index (χ4n) is 12.2. The first-order chi connectivity index (χ1) is 47.7. The highest BCUT2D eigenvalue weighted by Crippen LogP contribution is 2.45. The molecule has 0 aliphatic rings. The van der Waals surface area contributed by atoms with E-state index in [9.17, 15) is 43.2 Å². The van der Waals surface area contributed by atoms with Crippen molar-refractivity contribution in [2.75, 3.05) is 39.6 Å². The summed E-state index contributed by atoms with van der Waals surface area (Å²) in [5.41, 5.74) is 0. The van der Waals surface area contributed by atoms with Crippen molar-refractivity contribution in [3.05, 3.63) is 0 Å². The second-order valence-electron chi connectivity index (χ2n) is 30.2. The van der Waals surface area contributed by atoms with Crippen molar-refractivity contribution >= 4 is 39.5 Å². The molecule has 4 unspecified atom stereocenters. The summed E-state index contributed by atoms with van der Waals surface area (Å²) in [5, 5.41) is 10.6. The van der Waals surface area contributed by atoms with Crippen molar-refractivity contribution in [3.8, 4) is 0 Å². The maximum Gasteiger partial charge on any atom is 0.472 e. The number of carbonyl (C=O) groups excluding carboxylic acids is 4. The molecule has 19 heteroatoms. The molecule has 99 heavy (non-hydrogen) atoms. The van der Waals surface area contributed by atoms with Gasteiger partial charge in [-0.15, -0.1) is 0 Å². The molecule has 0 fully saturated rings. The van der Waals surface area contributed by atoms with Crippen LogP contribution >= 0.6 is 15.6 Å². The van der Waals surface area contributed by atoms with E-state index in [1.807, 2.05) is 0 Å². The van der Waals surface area contributed by atoms with Crippen LogP contribution < -0.4 is 0 Å². The van der Waals surface area contributed by atoms with E-state index in [0.717, 1.165) is 114 Å². The number of rotatable bonds is 77. The van der Waals surface area contributed by atoms with Crippen LogP contribution in [0.15, 0.2) is 0 Å². The van der Waals surface area contributed by atoms with Gasteiger partial charge in [-0.05, 0) is 49.4 Å². The Bertz CT molecular complexity index is 1940. The third-order valence-electron chi connectivity index (χ3n) is 19.3. The fraction of sp³-hybridized carbons (Fsp3) is 0.950. The topological polar surface area (TPSA) is 237 Å². The fourth-order valence-corrected chi connectivity index (χ4v) is 13.8. The van der Waals surface area contributed by atoms with E-state index in [1.165, 1.54) is 205 Å². The van der Waals surface area contributed by atoms with Gasteiger partial charge in [0, 0.05) is 25.7 Å². The highest BCUT2D eigenvalue weighted by atomic mass is 31.2. The number of hydrogen-bond acceptors (Lipinski definition) is 15. The van der Waals surface area contributed by atoms with E-state index in [-0.39, 0.29) is 25.7 Å². The Hall–Kier alpha value is -1.94. The first kappa shape index (κ1) is 97.1. The van der Waals surface area contributed by atoms with Gasteiger partial charge >= 0.3 is 39.5 Å². The highest BCUT2D eigenvalue weighted by molar-refractivity contribution is 7.47. The largest absolute Gasteiger partial charge is 0.472 e. The van der Waals surface area contributed by atoms with Crippen molar-refractivity contribution in [1.82, 2.24) is 0 Å². The Morgan fingerprint density at radius 2 is 0.485 bits per heavy atom. The number of aliphatic hydroxyl groups is 1. The van der Waals surface area contributed by atoms with E-state index in [2.05, 4.69) is 55.4 Å². The van der Waals surface area contributed by atoms with Crippen LogP contribution in [-0.2, 0) is 65.4 Å². The maximum atomic E-state index is 13.1. The first-order valence-corrected chi connectivity index (χ1v) is 44.3. The Morgan fingerprint density at radius 3 is 0.717 bits per heavy atom. The van der Waals surface area contributed by atoms with Crippen molar-refractivity contribution in [3.63, 3.8) is 0 Å². The molecule has 0 aromatic carbocycles. The molecule has 0 spiro atoms. The van der Waals surface area contributed by atoms with E-state index in [1.54, 1.807) is 0 Å². The molecule has 0 bridgehead atoms. The molecule has 0 amide bonds. The lowest BCUT2D eigenvalue weighted by Crippen LogP contribution is -2.30. The summed E-state index contributed by atoms with van der Waals surface area (Å²) < 4.78 is 68.6. The predicted molar refractivity (Wildman–Crippen MR) is 404 cm³/mol. The van der Waals surface area contributed by atoms with Gasteiger partial charge in [0.15, 0.2) is 12.2 Å². The number of unbranched alkanes of at least 4 members (excludes halogenated alkanes) is 41. The second kappa shape index (κ2) is 69.1. The Balaban J connectivity index is 5.18. The molecule has 0 saturated heterocycles. The molecule has 0 rings (SSSR count). The third kappa shape index (κ3) is 71.5. The van der Waals surface area contributed by atoms with Gasteiger partial charge in [-0.1, -0.05) is 357 Å². The van der Waals surface area contributed by atoms with Crippen molar-refractivity contribution < 1.29 is 80.2 Å². The second-order valence-corrected chi connectivity index (χ2v) is 33.1. The average Bonchev–Trinajstić information content (AvgIpc) is 1.50. The molecule has 0 aliphatic carbocycles. The van der Waals surface area contributed by atoms with Gasteiger partial charge in [0.05, 0.1) is 26.4 Å². The lowest BCUT2D eigenvalue weighted by atomic mass is 9.99. The molecule has 0 heterocycles.